The molecule has 0 saturated heterocycles. The number of halogens is 2. The number of rotatable bonds is 0. The van der Waals surface area contributed by atoms with E-state index in [1.807, 2.05) is 0 Å². The average Bonchev–Trinajstić information content (AvgIpc) is 2.19. The van der Waals surface area contributed by atoms with Gasteiger partial charge in [-0.1, -0.05) is 16.8 Å². The topological polar surface area (TPSA) is 57.8 Å². The molecule has 1 aromatic carbocycles. The molecule has 0 aliphatic rings. The number of pyridine rings is 1. The summed E-state index contributed by atoms with van der Waals surface area (Å²) in [5, 5.41) is 22.8. The maximum Gasteiger partial charge on any atom is 0.113 e. The summed E-state index contributed by atoms with van der Waals surface area (Å²) in [7, 11) is 0. The van der Waals surface area contributed by atoms with Gasteiger partial charge < -0.3 is 10.4 Å². The molecule has 0 atom stereocenters. The maximum atomic E-state index is 9.45. The molecule has 0 unspecified atom stereocenters. The Morgan fingerprint density at radius 2 is 2.00 bits per heavy atom. The van der Waals surface area contributed by atoms with Gasteiger partial charge in [0.05, 0.1) is 5.52 Å². The zero-order chi connectivity index (χ0) is 10.1. The lowest BCUT2D eigenvalue weighted by atomic mass is 10.2. The third-order valence-corrected chi connectivity index (χ3v) is 2.20. The van der Waals surface area contributed by atoms with Crippen molar-refractivity contribution in [2.24, 2.45) is 5.16 Å². The molecule has 15 heavy (non-hydrogen) atoms. The summed E-state index contributed by atoms with van der Waals surface area (Å²) in [6, 6.07) is 6.43. The molecule has 0 aliphatic heterocycles. The van der Waals surface area contributed by atoms with E-state index in [9.17, 15) is 5.21 Å². The van der Waals surface area contributed by atoms with Crippen molar-refractivity contribution in [2.75, 3.05) is 0 Å². The van der Waals surface area contributed by atoms with E-state index in [-0.39, 0.29) is 12.4 Å². The predicted octanol–water partition coefficient (Wildman–Crippen LogP) is 2.24. The van der Waals surface area contributed by atoms with Gasteiger partial charge in [0.15, 0.2) is 0 Å². The molecule has 0 saturated carbocycles. The van der Waals surface area contributed by atoms with Gasteiger partial charge in [0.2, 0.25) is 0 Å². The van der Waals surface area contributed by atoms with Gasteiger partial charge in [0, 0.05) is 16.6 Å². The molecule has 80 valence electrons. The number of fused-ring (bicyclic) bond motifs is 1. The molecule has 0 radical (unpaired) electrons. The fourth-order valence-electron chi connectivity index (χ4n) is 1.31. The lowest BCUT2D eigenvalue weighted by Crippen LogP contribution is -2.07. The van der Waals surface area contributed by atoms with Gasteiger partial charge >= 0.3 is 0 Å². The molecule has 1 heterocycles. The molecule has 2 aromatic rings. The highest BCUT2D eigenvalue weighted by atomic mass is 35.5. The second kappa shape index (κ2) is 4.42. The SMILES string of the molecule is Cl.O/N=c1\ccn(O)c2cc(Cl)ccc12. The van der Waals surface area contributed by atoms with Crippen LogP contribution in [0.1, 0.15) is 0 Å². The molecule has 1 aromatic heterocycles. The Balaban J connectivity index is 0.00000112. The summed E-state index contributed by atoms with van der Waals surface area (Å²) < 4.78 is 0.926. The monoisotopic (exact) mass is 246 g/mol. The van der Waals surface area contributed by atoms with Crippen LogP contribution in [0.25, 0.3) is 10.9 Å². The quantitative estimate of drug-likeness (QED) is 0.426. The largest absolute Gasteiger partial charge is 0.428 e. The Hall–Kier alpha value is -1.39. The van der Waals surface area contributed by atoms with Gasteiger partial charge in [-0.25, -0.2) is 0 Å². The molecule has 0 fully saturated rings. The van der Waals surface area contributed by atoms with Gasteiger partial charge in [-0.05, 0) is 24.3 Å². The Labute approximate surface area is 96.4 Å². The molecule has 2 N–H and O–H groups in total. The Kier molecular flexibility index (Phi) is 3.44. The fraction of sp³-hybridized carbons (Fsp3) is 0. The van der Waals surface area contributed by atoms with Gasteiger partial charge in [-0.15, -0.1) is 12.4 Å². The summed E-state index contributed by atoms with van der Waals surface area (Å²) in [6.45, 7) is 0. The number of benzene rings is 1. The molecule has 2 rings (SSSR count). The summed E-state index contributed by atoms with van der Waals surface area (Å²) in [6.07, 6.45) is 1.38. The Bertz CT molecular complexity index is 551. The second-order valence-corrected chi connectivity index (χ2v) is 3.24. The van der Waals surface area contributed by atoms with Gasteiger partial charge in [0.25, 0.3) is 0 Å². The first-order chi connectivity index (χ1) is 6.72. The molecule has 0 amide bonds. The zero-order valence-electron chi connectivity index (χ0n) is 7.46. The number of hydrogen-bond acceptors (Lipinski definition) is 3. The van der Waals surface area contributed by atoms with Crippen molar-refractivity contribution in [2.45, 2.75) is 0 Å². The Morgan fingerprint density at radius 1 is 1.27 bits per heavy atom. The summed E-state index contributed by atoms with van der Waals surface area (Å²) >= 11 is 5.77. The van der Waals surface area contributed by atoms with E-state index in [4.69, 9.17) is 16.8 Å². The lowest BCUT2D eigenvalue weighted by Gasteiger charge is -2.03. The van der Waals surface area contributed by atoms with E-state index in [2.05, 4.69) is 5.16 Å². The van der Waals surface area contributed by atoms with Gasteiger partial charge in [-0.2, -0.15) is 4.73 Å². The van der Waals surface area contributed by atoms with Crippen LogP contribution >= 0.6 is 24.0 Å². The van der Waals surface area contributed by atoms with Gasteiger partial charge in [-0.3, -0.25) is 0 Å². The predicted molar refractivity (Wildman–Crippen MR) is 58.7 cm³/mol. The van der Waals surface area contributed by atoms with Crippen LogP contribution in [-0.2, 0) is 0 Å². The van der Waals surface area contributed by atoms with E-state index >= 15 is 0 Å². The first-order valence-corrected chi connectivity index (χ1v) is 4.28. The first kappa shape index (κ1) is 11.7. The summed E-state index contributed by atoms with van der Waals surface area (Å²) in [5.41, 5.74) is 0.493. The van der Waals surface area contributed by atoms with Crippen LogP contribution in [0.4, 0.5) is 0 Å². The second-order valence-electron chi connectivity index (χ2n) is 2.81. The first-order valence-electron chi connectivity index (χ1n) is 3.90. The highest BCUT2D eigenvalue weighted by Gasteiger charge is 2.01. The molecule has 0 bridgehead atoms. The van der Waals surface area contributed by atoms with Crippen LogP contribution in [0, 0.1) is 0 Å². The molecular formula is C9H8Cl2N2O2. The molecular weight excluding hydrogens is 239 g/mol. The van der Waals surface area contributed by atoms with Crippen LogP contribution in [-0.4, -0.2) is 15.1 Å². The molecule has 0 spiro atoms. The van der Waals surface area contributed by atoms with Crippen molar-refractivity contribution in [3.05, 3.63) is 40.8 Å². The number of hydrogen-bond donors (Lipinski definition) is 2. The van der Waals surface area contributed by atoms with Crippen molar-refractivity contribution >= 4 is 34.9 Å². The van der Waals surface area contributed by atoms with Crippen LogP contribution in [0.5, 0.6) is 0 Å². The fourth-order valence-corrected chi connectivity index (χ4v) is 1.48. The maximum absolute atomic E-state index is 9.45. The average molecular weight is 247 g/mol. The van der Waals surface area contributed by atoms with Crippen LogP contribution in [0.15, 0.2) is 35.6 Å². The van der Waals surface area contributed by atoms with E-state index in [0.29, 0.717) is 21.3 Å². The summed E-state index contributed by atoms with van der Waals surface area (Å²) in [4.78, 5) is 0. The number of aromatic nitrogens is 1. The van der Waals surface area contributed by atoms with E-state index in [1.165, 1.54) is 12.3 Å². The Morgan fingerprint density at radius 3 is 2.67 bits per heavy atom. The van der Waals surface area contributed by atoms with Gasteiger partial charge in [0.1, 0.15) is 5.36 Å². The van der Waals surface area contributed by atoms with E-state index in [1.54, 1.807) is 18.2 Å². The molecule has 0 aliphatic carbocycles. The lowest BCUT2D eigenvalue weighted by molar-refractivity contribution is 0.197. The standard InChI is InChI=1S/C9H7ClN2O2.ClH/c10-6-1-2-7-8(11-13)3-4-12(14)9(7)5-6;/h1-5,13-14H;1H/b11-8+;. The zero-order valence-corrected chi connectivity index (χ0v) is 9.03. The molecule has 6 heteroatoms. The smallest absolute Gasteiger partial charge is 0.113 e. The summed E-state index contributed by atoms with van der Waals surface area (Å²) in [5.74, 6) is 0. The number of nitrogens with zero attached hydrogens (tertiary/aromatic N) is 2. The van der Waals surface area contributed by atoms with Crippen molar-refractivity contribution in [3.63, 3.8) is 0 Å². The van der Waals surface area contributed by atoms with Crippen molar-refractivity contribution in [1.29, 1.82) is 0 Å². The van der Waals surface area contributed by atoms with Crippen molar-refractivity contribution < 1.29 is 10.4 Å². The van der Waals surface area contributed by atoms with Crippen LogP contribution < -0.4 is 5.36 Å². The minimum absolute atomic E-state index is 0. The molecule has 4 nitrogen and oxygen atoms in total. The van der Waals surface area contributed by atoms with Crippen LogP contribution in [0.2, 0.25) is 5.02 Å². The minimum atomic E-state index is 0. The van der Waals surface area contributed by atoms with Crippen LogP contribution in [0.3, 0.4) is 0 Å². The highest BCUT2D eigenvalue weighted by Crippen LogP contribution is 2.15. The van der Waals surface area contributed by atoms with Crippen molar-refractivity contribution in [1.82, 2.24) is 4.73 Å². The van der Waals surface area contributed by atoms with Crippen molar-refractivity contribution in [3.8, 4) is 0 Å². The van der Waals surface area contributed by atoms with E-state index in [0.717, 1.165) is 4.73 Å². The van der Waals surface area contributed by atoms with E-state index < -0.39 is 0 Å². The highest BCUT2D eigenvalue weighted by molar-refractivity contribution is 6.31. The third-order valence-electron chi connectivity index (χ3n) is 1.96. The third kappa shape index (κ3) is 2.00. The minimum Gasteiger partial charge on any atom is -0.428 e. The normalized spacial score (nSPS) is 11.4.